The third-order valence-electron chi connectivity index (χ3n) is 3.54. The molecule has 1 atom stereocenters. The van der Waals surface area contributed by atoms with Crippen LogP contribution in [0.4, 0.5) is 0 Å². The van der Waals surface area contributed by atoms with Gasteiger partial charge in [0, 0.05) is 31.5 Å². The van der Waals surface area contributed by atoms with Gasteiger partial charge >= 0.3 is 0 Å². The molecule has 0 fully saturated rings. The van der Waals surface area contributed by atoms with E-state index < -0.39 is 0 Å². The van der Waals surface area contributed by atoms with E-state index in [9.17, 15) is 0 Å². The van der Waals surface area contributed by atoms with Crippen LogP contribution >= 0.6 is 11.3 Å². The van der Waals surface area contributed by atoms with Gasteiger partial charge < -0.3 is 9.88 Å². The van der Waals surface area contributed by atoms with Crippen molar-refractivity contribution in [3.8, 4) is 10.7 Å². The highest BCUT2D eigenvalue weighted by Crippen LogP contribution is 2.22. The first-order valence-electron chi connectivity index (χ1n) is 7.59. The molecule has 0 aliphatic carbocycles. The molecule has 0 amide bonds. The summed E-state index contributed by atoms with van der Waals surface area (Å²) in [6.07, 6.45) is 9.20. The maximum Gasteiger partial charge on any atom is 0.150 e. The van der Waals surface area contributed by atoms with Crippen molar-refractivity contribution in [3.05, 3.63) is 29.9 Å². The zero-order valence-electron chi connectivity index (χ0n) is 12.5. The number of thiophene rings is 1. The molecule has 4 heteroatoms. The Morgan fingerprint density at radius 3 is 3.05 bits per heavy atom. The van der Waals surface area contributed by atoms with E-state index >= 15 is 0 Å². The van der Waals surface area contributed by atoms with Crippen LogP contribution in [0.2, 0.25) is 0 Å². The fraction of sp³-hybridized carbons (Fsp3) is 0.562. The first-order valence-corrected chi connectivity index (χ1v) is 8.47. The van der Waals surface area contributed by atoms with Gasteiger partial charge in [0.25, 0.3) is 0 Å². The summed E-state index contributed by atoms with van der Waals surface area (Å²) in [5, 5.41) is 5.71. The highest BCUT2D eigenvalue weighted by molar-refractivity contribution is 7.13. The summed E-state index contributed by atoms with van der Waals surface area (Å²) in [4.78, 5) is 5.70. The normalized spacial score (nSPS) is 12.7. The average molecular weight is 291 g/mol. The number of nitrogens with zero attached hydrogens (tertiary/aromatic N) is 2. The number of imidazole rings is 1. The summed E-state index contributed by atoms with van der Waals surface area (Å²) >= 11 is 1.74. The molecule has 0 aliphatic heterocycles. The number of unbranched alkanes of at least 4 members (excludes halogenated alkanes) is 2. The summed E-state index contributed by atoms with van der Waals surface area (Å²) in [5.41, 5.74) is 0. The fourth-order valence-corrected chi connectivity index (χ4v) is 3.09. The number of rotatable bonds is 9. The van der Waals surface area contributed by atoms with E-state index in [1.165, 1.54) is 30.6 Å². The van der Waals surface area contributed by atoms with Crippen LogP contribution in [0, 0.1) is 0 Å². The lowest BCUT2D eigenvalue weighted by molar-refractivity contribution is 0.471. The van der Waals surface area contributed by atoms with Crippen LogP contribution in [0.3, 0.4) is 0 Å². The van der Waals surface area contributed by atoms with E-state index in [1.807, 2.05) is 6.20 Å². The zero-order chi connectivity index (χ0) is 14.2. The van der Waals surface area contributed by atoms with Crippen LogP contribution in [0.25, 0.3) is 10.7 Å². The second-order valence-electron chi connectivity index (χ2n) is 5.27. The number of hydrogen-bond acceptors (Lipinski definition) is 3. The molecule has 20 heavy (non-hydrogen) atoms. The standard InChI is InChI=1S/C16H25N3S/c1-3-4-5-7-14(2)17-9-11-19-12-10-18-16(19)15-8-6-13-20-15/h6,8,10,12-14,17H,3-5,7,9,11H2,1-2H3. The van der Waals surface area contributed by atoms with Gasteiger partial charge in [0.15, 0.2) is 0 Å². The van der Waals surface area contributed by atoms with E-state index in [0.29, 0.717) is 6.04 Å². The summed E-state index contributed by atoms with van der Waals surface area (Å²) in [6.45, 7) is 6.51. The van der Waals surface area contributed by atoms with Gasteiger partial charge in [-0.05, 0) is 24.8 Å². The first kappa shape index (κ1) is 15.3. The number of nitrogens with one attached hydrogen (secondary N) is 1. The molecule has 3 nitrogen and oxygen atoms in total. The quantitative estimate of drug-likeness (QED) is 0.703. The van der Waals surface area contributed by atoms with Crippen LogP contribution in [-0.2, 0) is 6.54 Å². The summed E-state index contributed by atoms with van der Waals surface area (Å²) in [5.74, 6) is 1.08. The fourth-order valence-electron chi connectivity index (χ4n) is 2.35. The maximum absolute atomic E-state index is 4.46. The van der Waals surface area contributed by atoms with Crippen LogP contribution in [0.15, 0.2) is 29.9 Å². The summed E-state index contributed by atoms with van der Waals surface area (Å²) in [6, 6.07) is 4.81. The Morgan fingerprint density at radius 1 is 1.40 bits per heavy atom. The lowest BCUT2D eigenvalue weighted by Gasteiger charge is -2.14. The minimum Gasteiger partial charge on any atom is -0.329 e. The van der Waals surface area contributed by atoms with Crippen molar-refractivity contribution in [2.75, 3.05) is 6.54 Å². The van der Waals surface area contributed by atoms with Crippen molar-refractivity contribution >= 4 is 11.3 Å². The first-order chi connectivity index (χ1) is 9.81. The van der Waals surface area contributed by atoms with Crippen LogP contribution in [-0.4, -0.2) is 22.1 Å². The third kappa shape index (κ3) is 4.46. The van der Waals surface area contributed by atoms with Gasteiger partial charge in [-0.1, -0.05) is 32.3 Å². The van der Waals surface area contributed by atoms with Crippen molar-refractivity contribution in [1.82, 2.24) is 14.9 Å². The van der Waals surface area contributed by atoms with E-state index in [-0.39, 0.29) is 0 Å². The van der Waals surface area contributed by atoms with Gasteiger partial charge in [0.05, 0.1) is 4.88 Å². The molecule has 2 heterocycles. The van der Waals surface area contributed by atoms with E-state index in [1.54, 1.807) is 11.3 Å². The molecule has 2 aromatic heterocycles. The lowest BCUT2D eigenvalue weighted by Crippen LogP contribution is -2.29. The Kier molecular flexibility index (Phi) is 6.27. The second kappa shape index (κ2) is 8.22. The van der Waals surface area contributed by atoms with Crippen LogP contribution in [0.5, 0.6) is 0 Å². The predicted molar refractivity (Wildman–Crippen MR) is 87.1 cm³/mol. The Morgan fingerprint density at radius 2 is 2.30 bits per heavy atom. The van der Waals surface area contributed by atoms with Crippen molar-refractivity contribution in [1.29, 1.82) is 0 Å². The largest absolute Gasteiger partial charge is 0.329 e. The molecule has 0 saturated heterocycles. The van der Waals surface area contributed by atoms with E-state index in [0.717, 1.165) is 18.9 Å². The Balaban J connectivity index is 1.76. The molecule has 0 saturated carbocycles. The minimum atomic E-state index is 0.607. The molecule has 0 bridgehead atoms. The van der Waals surface area contributed by atoms with Crippen LogP contribution < -0.4 is 5.32 Å². The molecule has 1 N–H and O–H groups in total. The molecule has 0 spiro atoms. The molecule has 110 valence electrons. The molecule has 2 rings (SSSR count). The van der Waals surface area contributed by atoms with Gasteiger partial charge in [0.2, 0.25) is 0 Å². The topological polar surface area (TPSA) is 29.9 Å². The molecule has 2 aromatic rings. The highest BCUT2D eigenvalue weighted by atomic mass is 32.1. The molecule has 0 radical (unpaired) electrons. The molecular formula is C16H25N3S. The summed E-state index contributed by atoms with van der Waals surface area (Å²) < 4.78 is 2.23. The average Bonchev–Trinajstić information content (AvgIpc) is 3.09. The predicted octanol–water partition coefficient (Wildman–Crippen LogP) is 4.17. The monoisotopic (exact) mass is 291 g/mol. The van der Waals surface area contributed by atoms with Crippen LogP contribution in [0.1, 0.15) is 39.5 Å². The van der Waals surface area contributed by atoms with Gasteiger partial charge in [-0.3, -0.25) is 0 Å². The van der Waals surface area contributed by atoms with Crippen molar-refractivity contribution < 1.29 is 0 Å². The SMILES string of the molecule is CCCCCC(C)NCCn1ccnc1-c1cccs1. The van der Waals surface area contributed by atoms with Gasteiger partial charge in [-0.2, -0.15) is 0 Å². The smallest absolute Gasteiger partial charge is 0.150 e. The third-order valence-corrected chi connectivity index (χ3v) is 4.41. The Bertz CT molecular complexity index is 476. The Hall–Kier alpha value is -1.13. The van der Waals surface area contributed by atoms with Crippen molar-refractivity contribution in [2.24, 2.45) is 0 Å². The molecular weight excluding hydrogens is 266 g/mol. The molecule has 1 unspecified atom stereocenters. The Labute approximate surface area is 126 Å². The van der Waals surface area contributed by atoms with Gasteiger partial charge in [0.1, 0.15) is 5.82 Å². The van der Waals surface area contributed by atoms with Crippen molar-refractivity contribution in [2.45, 2.75) is 52.1 Å². The zero-order valence-corrected chi connectivity index (χ0v) is 13.3. The maximum atomic E-state index is 4.46. The van der Waals surface area contributed by atoms with Gasteiger partial charge in [-0.25, -0.2) is 4.98 Å². The minimum absolute atomic E-state index is 0.607. The van der Waals surface area contributed by atoms with Crippen molar-refractivity contribution in [3.63, 3.8) is 0 Å². The summed E-state index contributed by atoms with van der Waals surface area (Å²) in [7, 11) is 0. The van der Waals surface area contributed by atoms with E-state index in [2.05, 4.69) is 52.4 Å². The van der Waals surface area contributed by atoms with E-state index in [4.69, 9.17) is 0 Å². The molecule has 0 aliphatic rings. The second-order valence-corrected chi connectivity index (χ2v) is 6.22. The lowest BCUT2D eigenvalue weighted by atomic mass is 10.1. The number of hydrogen-bond donors (Lipinski definition) is 1. The number of aromatic nitrogens is 2. The molecule has 0 aromatic carbocycles. The van der Waals surface area contributed by atoms with Gasteiger partial charge in [-0.15, -0.1) is 11.3 Å². The highest BCUT2D eigenvalue weighted by Gasteiger charge is 2.07.